The fourth-order valence-corrected chi connectivity index (χ4v) is 4.88. The number of nitrogens with one attached hydrogen (secondary N) is 1. The Bertz CT molecular complexity index is 1710. The van der Waals surface area contributed by atoms with E-state index in [1.54, 1.807) is 73.7 Å². The summed E-state index contributed by atoms with van der Waals surface area (Å²) in [4.78, 5) is 29.6. The number of ether oxygens (including phenoxy) is 1. The number of thiazole rings is 1. The van der Waals surface area contributed by atoms with Crippen molar-refractivity contribution in [3.05, 3.63) is 119 Å². The second-order valence-electron chi connectivity index (χ2n) is 8.55. The maximum absolute atomic E-state index is 12.9. The van der Waals surface area contributed by atoms with E-state index in [1.165, 1.54) is 11.3 Å². The van der Waals surface area contributed by atoms with Crippen LogP contribution in [-0.2, 0) is 4.74 Å². The number of nitriles is 1. The van der Waals surface area contributed by atoms with Gasteiger partial charge in [0.1, 0.15) is 33.3 Å². The number of nitrogens with zero attached hydrogens (tertiary/aromatic N) is 2. The number of rotatable bonds is 8. The largest absolute Gasteiger partial charge is 0.462 e. The summed E-state index contributed by atoms with van der Waals surface area (Å²) in [6.45, 7) is 2.07. The van der Waals surface area contributed by atoms with Crippen molar-refractivity contribution in [1.29, 1.82) is 5.26 Å². The summed E-state index contributed by atoms with van der Waals surface area (Å²) in [6, 6.07) is 31.1. The average Bonchev–Trinajstić information content (AvgIpc) is 3.64. The van der Waals surface area contributed by atoms with Gasteiger partial charge in [0, 0.05) is 22.8 Å². The Morgan fingerprint density at radius 2 is 1.62 bits per heavy atom. The van der Waals surface area contributed by atoms with Crippen molar-refractivity contribution < 1.29 is 18.7 Å². The maximum atomic E-state index is 12.9. The molecule has 2 aromatic heterocycles. The quantitative estimate of drug-likeness (QED) is 0.159. The third-order valence-corrected chi connectivity index (χ3v) is 6.89. The number of amides is 1. The normalized spacial score (nSPS) is 11.1. The summed E-state index contributed by atoms with van der Waals surface area (Å²) >= 11 is 1.22. The topological polar surface area (TPSA) is 105 Å². The molecule has 196 valence electrons. The molecule has 0 unspecified atom stereocenters. The maximum Gasteiger partial charge on any atom is 0.338 e. The van der Waals surface area contributed by atoms with Gasteiger partial charge in [-0.3, -0.25) is 4.79 Å². The van der Waals surface area contributed by atoms with Crippen molar-refractivity contribution in [1.82, 2.24) is 4.98 Å². The minimum atomic E-state index is -0.381. The molecule has 40 heavy (non-hydrogen) atoms. The third kappa shape index (κ3) is 5.90. The van der Waals surface area contributed by atoms with Crippen LogP contribution in [0.15, 0.2) is 101 Å². The van der Waals surface area contributed by atoms with Gasteiger partial charge >= 0.3 is 5.97 Å². The Balaban J connectivity index is 1.44. The lowest BCUT2D eigenvalue weighted by molar-refractivity contribution is 0.0526. The third-order valence-electron chi connectivity index (χ3n) is 5.88. The average molecular weight is 546 g/mol. The van der Waals surface area contributed by atoms with Gasteiger partial charge in [0.15, 0.2) is 0 Å². The van der Waals surface area contributed by atoms with E-state index in [2.05, 4.69) is 11.4 Å². The molecule has 0 radical (unpaired) electrons. The second-order valence-corrected chi connectivity index (χ2v) is 9.55. The highest BCUT2D eigenvalue weighted by molar-refractivity contribution is 7.17. The van der Waals surface area contributed by atoms with Crippen LogP contribution in [0, 0.1) is 11.3 Å². The van der Waals surface area contributed by atoms with E-state index in [-0.39, 0.29) is 11.9 Å². The molecule has 0 atom stereocenters. The summed E-state index contributed by atoms with van der Waals surface area (Å²) in [5.74, 6) is 0.403. The predicted molar refractivity (Wildman–Crippen MR) is 156 cm³/mol. The van der Waals surface area contributed by atoms with Crippen LogP contribution in [0.3, 0.4) is 0 Å². The summed E-state index contributed by atoms with van der Waals surface area (Å²) in [7, 11) is 0. The highest BCUT2D eigenvalue weighted by Gasteiger charge is 2.19. The zero-order chi connectivity index (χ0) is 27.9. The molecule has 0 aliphatic rings. The van der Waals surface area contributed by atoms with Crippen LogP contribution >= 0.6 is 11.3 Å². The fraction of sp³-hybridized carbons (Fsp3) is 0.0625. The van der Waals surface area contributed by atoms with Crippen molar-refractivity contribution >= 4 is 39.9 Å². The summed E-state index contributed by atoms with van der Waals surface area (Å²) in [5, 5.41) is 13.9. The lowest BCUT2D eigenvalue weighted by Gasteiger charge is -2.05. The highest BCUT2D eigenvalue weighted by atomic mass is 32.1. The highest BCUT2D eigenvalue weighted by Crippen LogP contribution is 2.37. The molecule has 2 heterocycles. The molecule has 5 aromatic rings. The SMILES string of the molecule is CCOC(=O)c1ccc(-c2ccc(/C=C(\C#N)c3nc(-c4ccccc4)c(NC(=O)c4ccccc4)s3)o2)cc1. The zero-order valence-corrected chi connectivity index (χ0v) is 22.3. The van der Waals surface area contributed by atoms with Crippen molar-refractivity contribution in [2.75, 3.05) is 11.9 Å². The molecule has 0 saturated heterocycles. The molecule has 1 amide bonds. The minimum absolute atomic E-state index is 0.264. The second kappa shape index (κ2) is 12.1. The molecular formula is C32H23N3O4S. The number of allylic oxidation sites excluding steroid dienone is 1. The van der Waals surface area contributed by atoms with Crippen LogP contribution in [0.5, 0.6) is 0 Å². The van der Waals surface area contributed by atoms with E-state index < -0.39 is 0 Å². The minimum Gasteiger partial charge on any atom is -0.462 e. The smallest absolute Gasteiger partial charge is 0.338 e. The molecule has 0 saturated carbocycles. The van der Waals surface area contributed by atoms with Gasteiger partial charge in [0.2, 0.25) is 0 Å². The number of aromatic nitrogens is 1. The van der Waals surface area contributed by atoms with E-state index in [0.717, 1.165) is 11.1 Å². The number of hydrogen-bond donors (Lipinski definition) is 1. The summed E-state index contributed by atoms with van der Waals surface area (Å²) in [5.41, 5.74) is 3.44. The molecule has 0 bridgehead atoms. The molecule has 7 nitrogen and oxygen atoms in total. The number of carbonyl (C=O) groups excluding carboxylic acids is 2. The van der Waals surface area contributed by atoms with Crippen LogP contribution < -0.4 is 5.32 Å². The standard InChI is InChI=1S/C32H23N3O4S/c1-2-38-32(37)24-15-13-21(14-16-24)27-18-17-26(39-27)19-25(20-33)30-34-28(22-9-5-3-6-10-22)31(40-30)35-29(36)23-11-7-4-8-12-23/h3-19H,2H2,1H3,(H,35,36)/b25-19+. The molecular weight excluding hydrogens is 522 g/mol. The van der Waals surface area contributed by atoms with Gasteiger partial charge in [0.05, 0.1) is 17.7 Å². The Morgan fingerprint density at radius 3 is 2.30 bits per heavy atom. The molecule has 0 spiro atoms. The van der Waals surface area contributed by atoms with Crippen LogP contribution in [0.4, 0.5) is 5.00 Å². The first-order valence-corrected chi connectivity index (χ1v) is 13.3. The van der Waals surface area contributed by atoms with Gasteiger partial charge in [0.25, 0.3) is 5.91 Å². The predicted octanol–water partition coefficient (Wildman–Crippen LogP) is 7.56. The van der Waals surface area contributed by atoms with Gasteiger partial charge < -0.3 is 14.5 Å². The summed E-state index contributed by atoms with van der Waals surface area (Å²) in [6.07, 6.45) is 1.62. The van der Waals surface area contributed by atoms with E-state index in [4.69, 9.17) is 14.1 Å². The van der Waals surface area contributed by atoms with Gasteiger partial charge in [-0.2, -0.15) is 5.26 Å². The number of carbonyl (C=O) groups is 2. The van der Waals surface area contributed by atoms with E-state index in [0.29, 0.717) is 50.5 Å². The van der Waals surface area contributed by atoms with Crippen molar-refractivity contribution in [2.45, 2.75) is 6.92 Å². The van der Waals surface area contributed by atoms with Gasteiger partial charge in [-0.25, -0.2) is 9.78 Å². The fourth-order valence-electron chi connectivity index (χ4n) is 3.93. The number of hydrogen-bond acceptors (Lipinski definition) is 7. The number of anilines is 1. The Morgan fingerprint density at radius 1 is 0.925 bits per heavy atom. The lowest BCUT2D eigenvalue weighted by atomic mass is 10.1. The van der Waals surface area contributed by atoms with Gasteiger partial charge in [-0.15, -0.1) is 0 Å². The zero-order valence-electron chi connectivity index (χ0n) is 21.5. The van der Waals surface area contributed by atoms with Crippen LogP contribution in [-0.4, -0.2) is 23.5 Å². The molecule has 0 aliphatic heterocycles. The van der Waals surface area contributed by atoms with Crippen molar-refractivity contribution in [3.8, 4) is 28.7 Å². The molecule has 0 aliphatic carbocycles. The van der Waals surface area contributed by atoms with Crippen LogP contribution in [0.2, 0.25) is 0 Å². The van der Waals surface area contributed by atoms with Crippen LogP contribution in [0.1, 0.15) is 38.4 Å². The van der Waals surface area contributed by atoms with Crippen molar-refractivity contribution in [3.63, 3.8) is 0 Å². The number of furan rings is 1. The Kier molecular flexibility index (Phi) is 7.95. The first-order chi connectivity index (χ1) is 19.6. The Hall–Kier alpha value is -5.26. The molecule has 5 rings (SSSR count). The molecule has 0 fully saturated rings. The van der Waals surface area contributed by atoms with Gasteiger partial charge in [-0.1, -0.05) is 72.0 Å². The van der Waals surface area contributed by atoms with Crippen molar-refractivity contribution in [2.24, 2.45) is 0 Å². The van der Waals surface area contributed by atoms with E-state index >= 15 is 0 Å². The van der Waals surface area contributed by atoms with E-state index in [1.807, 2.05) is 36.4 Å². The first-order valence-electron chi connectivity index (χ1n) is 12.5. The number of esters is 1. The van der Waals surface area contributed by atoms with E-state index in [9.17, 15) is 14.9 Å². The summed E-state index contributed by atoms with van der Waals surface area (Å²) < 4.78 is 11.0. The monoisotopic (exact) mass is 545 g/mol. The van der Waals surface area contributed by atoms with Gasteiger partial charge in [-0.05, 0) is 43.3 Å². The number of benzene rings is 3. The first kappa shape index (κ1) is 26.4. The Labute approximate surface area is 235 Å². The van der Waals surface area contributed by atoms with Crippen LogP contribution in [0.25, 0.3) is 34.2 Å². The molecule has 3 aromatic carbocycles. The molecule has 8 heteroatoms. The molecule has 1 N–H and O–H groups in total. The lowest BCUT2D eigenvalue weighted by Crippen LogP contribution is -2.11.